The minimum Gasteiger partial charge on any atom is -0.306 e. The molecule has 0 bridgehead atoms. The molecule has 2 rings (SSSR count). The highest BCUT2D eigenvalue weighted by molar-refractivity contribution is 5.78. The van der Waals surface area contributed by atoms with Crippen LogP contribution >= 0.6 is 0 Å². The second-order valence-electron chi connectivity index (χ2n) is 5.19. The van der Waals surface area contributed by atoms with E-state index in [0.29, 0.717) is 0 Å². The van der Waals surface area contributed by atoms with Gasteiger partial charge in [-0.3, -0.25) is 4.98 Å². The van der Waals surface area contributed by atoms with Crippen LogP contribution in [0.1, 0.15) is 45.7 Å². The normalized spacial score (nSPS) is 11.9. The van der Waals surface area contributed by atoms with E-state index in [2.05, 4.69) is 56.4 Å². The van der Waals surface area contributed by atoms with Crippen LogP contribution in [0.5, 0.6) is 0 Å². The summed E-state index contributed by atoms with van der Waals surface area (Å²) in [6, 6.07) is 12.6. The van der Waals surface area contributed by atoms with Crippen LogP contribution in [0.4, 0.5) is 0 Å². The Bertz CT molecular complexity index is 521. The summed E-state index contributed by atoms with van der Waals surface area (Å²) in [7, 11) is 0. The molecule has 1 heterocycles. The molecule has 0 saturated heterocycles. The maximum Gasteiger partial charge on any atom is 0.0705 e. The molecule has 0 amide bonds. The zero-order valence-electron chi connectivity index (χ0n) is 12.2. The van der Waals surface area contributed by atoms with Gasteiger partial charge in [0.2, 0.25) is 0 Å². The minimum atomic E-state index is 0.257. The van der Waals surface area contributed by atoms with Crippen molar-refractivity contribution in [2.75, 3.05) is 0 Å². The van der Waals surface area contributed by atoms with Gasteiger partial charge in [0.15, 0.2) is 0 Å². The zero-order valence-corrected chi connectivity index (χ0v) is 12.2. The second-order valence-corrected chi connectivity index (χ2v) is 5.19. The molecule has 2 nitrogen and oxygen atoms in total. The highest BCUT2D eigenvalue weighted by Gasteiger charge is 2.22. The number of rotatable bonds is 6. The lowest BCUT2D eigenvalue weighted by atomic mass is 9.90. The number of benzene rings is 1. The zero-order chi connectivity index (χ0) is 13.7. The SMILES string of the molecule is CCC(CC)(CC)NCc1ccc2ccccc2n1. The lowest BCUT2D eigenvalue weighted by Gasteiger charge is -2.32. The molecule has 1 N–H and O–H groups in total. The van der Waals surface area contributed by atoms with Gasteiger partial charge in [0.25, 0.3) is 0 Å². The molecule has 1 aromatic heterocycles. The molecular weight excluding hydrogens is 232 g/mol. The average molecular weight is 256 g/mol. The Balaban J connectivity index is 2.13. The van der Waals surface area contributed by atoms with Crippen LogP contribution in [0.25, 0.3) is 10.9 Å². The summed E-state index contributed by atoms with van der Waals surface area (Å²) in [5.74, 6) is 0. The Morgan fingerprint density at radius 1 is 0.947 bits per heavy atom. The number of nitrogens with zero attached hydrogens (tertiary/aromatic N) is 1. The Morgan fingerprint density at radius 3 is 2.32 bits per heavy atom. The topological polar surface area (TPSA) is 24.9 Å². The number of hydrogen-bond acceptors (Lipinski definition) is 2. The molecular formula is C17H24N2. The van der Waals surface area contributed by atoms with E-state index < -0.39 is 0 Å². The predicted octanol–water partition coefficient (Wildman–Crippen LogP) is 4.29. The molecule has 2 aromatic rings. The molecule has 2 heteroatoms. The first-order valence-electron chi connectivity index (χ1n) is 7.32. The standard InChI is InChI=1S/C17H24N2/c1-4-17(5-2,6-3)18-13-15-12-11-14-9-7-8-10-16(14)19-15/h7-12,18H,4-6,13H2,1-3H3. The summed E-state index contributed by atoms with van der Waals surface area (Å²) in [6.07, 6.45) is 3.48. The molecule has 0 aliphatic heterocycles. The smallest absolute Gasteiger partial charge is 0.0705 e. The van der Waals surface area contributed by atoms with E-state index in [4.69, 9.17) is 4.98 Å². The lowest BCUT2D eigenvalue weighted by Crippen LogP contribution is -2.43. The van der Waals surface area contributed by atoms with Gasteiger partial charge in [0, 0.05) is 17.5 Å². The van der Waals surface area contributed by atoms with Gasteiger partial charge in [-0.2, -0.15) is 0 Å². The van der Waals surface area contributed by atoms with Gasteiger partial charge < -0.3 is 5.32 Å². The molecule has 0 spiro atoms. The van der Waals surface area contributed by atoms with Crippen molar-refractivity contribution in [1.29, 1.82) is 0 Å². The van der Waals surface area contributed by atoms with E-state index in [1.54, 1.807) is 0 Å². The van der Waals surface area contributed by atoms with E-state index in [9.17, 15) is 0 Å². The maximum absolute atomic E-state index is 4.72. The molecule has 0 fully saturated rings. The van der Waals surface area contributed by atoms with Crippen molar-refractivity contribution < 1.29 is 0 Å². The van der Waals surface area contributed by atoms with Crippen LogP contribution in [0.15, 0.2) is 36.4 Å². The summed E-state index contributed by atoms with van der Waals surface area (Å²) in [4.78, 5) is 4.72. The summed E-state index contributed by atoms with van der Waals surface area (Å²) in [5.41, 5.74) is 2.46. The average Bonchev–Trinajstić information content (AvgIpc) is 2.49. The van der Waals surface area contributed by atoms with Crippen molar-refractivity contribution in [3.63, 3.8) is 0 Å². The quantitative estimate of drug-likeness (QED) is 0.833. The van der Waals surface area contributed by atoms with E-state index >= 15 is 0 Å². The first-order chi connectivity index (χ1) is 9.23. The Labute approximate surface area is 116 Å². The van der Waals surface area contributed by atoms with Gasteiger partial charge in [0.05, 0.1) is 11.2 Å². The van der Waals surface area contributed by atoms with E-state index in [0.717, 1.165) is 37.0 Å². The Hall–Kier alpha value is -1.41. The summed E-state index contributed by atoms with van der Waals surface area (Å²) < 4.78 is 0. The molecule has 1 aromatic carbocycles. The molecule has 0 saturated carbocycles. The van der Waals surface area contributed by atoms with Gasteiger partial charge in [-0.05, 0) is 31.4 Å². The third-order valence-electron chi connectivity index (χ3n) is 4.33. The van der Waals surface area contributed by atoms with Crippen LogP contribution in [0, 0.1) is 0 Å². The fourth-order valence-electron chi connectivity index (χ4n) is 2.61. The first-order valence-corrected chi connectivity index (χ1v) is 7.32. The van der Waals surface area contributed by atoms with Crippen molar-refractivity contribution in [3.05, 3.63) is 42.1 Å². The molecule has 19 heavy (non-hydrogen) atoms. The van der Waals surface area contributed by atoms with Crippen molar-refractivity contribution in [2.45, 2.75) is 52.1 Å². The highest BCUT2D eigenvalue weighted by atomic mass is 15.0. The largest absolute Gasteiger partial charge is 0.306 e. The van der Waals surface area contributed by atoms with Crippen molar-refractivity contribution in [3.8, 4) is 0 Å². The van der Waals surface area contributed by atoms with E-state index in [1.807, 2.05) is 6.07 Å². The molecule has 102 valence electrons. The predicted molar refractivity (Wildman–Crippen MR) is 82.2 cm³/mol. The number of nitrogens with one attached hydrogen (secondary N) is 1. The first kappa shape index (κ1) is 14.0. The van der Waals surface area contributed by atoms with Crippen molar-refractivity contribution in [2.24, 2.45) is 0 Å². The van der Waals surface area contributed by atoms with Gasteiger partial charge >= 0.3 is 0 Å². The Morgan fingerprint density at radius 2 is 1.63 bits per heavy atom. The summed E-state index contributed by atoms with van der Waals surface area (Å²) in [5, 5.41) is 4.91. The summed E-state index contributed by atoms with van der Waals surface area (Å²) >= 11 is 0. The fourth-order valence-corrected chi connectivity index (χ4v) is 2.61. The highest BCUT2D eigenvalue weighted by Crippen LogP contribution is 2.20. The van der Waals surface area contributed by atoms with Crippen LogP contribution in [-0.4, -0.2) is 10.5 Å². The summed E-state index contributed by atoms with van der Waals surface area (Å²) in [6.45, 7) is 7.62. The third-order valence-corrected chi connectivity index (χ3v) is 4.33. The number of aromatic nitrogens is 1. The fraction of sp³-hybridized carbons (Fsp3) is 0.471. The van der Waals surface area contributed by atoms with Crippen molar-refractivity contribution >= 4 is 10.9 Å². The van der Waals surface area contributed by atoms with Crippen LogP contribution in [0.2, 0.25) is 0 Å². The van der Waals surface area contributed by atoms with Gasteiger partial charge in [-0.1, -0.05) is 45.0 Å². The van der Waals surface area contributed by atoms with Crippen LogP contribution in [-0.2, 0) is 6.54 Å². The van der Waals surface area contributed by atoms with Gasteiger partial charge in [0.1, 0.15) is 0 Å². The molecule has 0 atom stereocenters. The van der Waals surface area contributed by atoms with Gasteiger partial charge in [-0.25, -0.2) is 0 Å². The van der Waals surface area contributed by atoms with E-state index in [1.165, 1.54) is 5.39 Å². The number of hydrogen-bond donors (Lipinski definition) is 1. The van der Waals surface area contributed by atoms with E-state index in [-0.39, 0.29) is 5.54 Å². The van der Waals surface area contributed by atoms with Crippen LogP contribution in [0.3, 0.4) is 0 Å². The second kappa shape index (κ2) is 6.16. The van der Waals surface area contributed by atoms with Gasteiger partial charge in [-0.15, -0.1) is 0 Å². The number of para-hydroxylation sites is 1. The molecule has 0 aliphatic carbocycles. The Kier molecular flexibility index (Phi) is 4.54. The number of pyridine rings is 1. The minimum absolute atomic E-state index is 0.257. The third kappa shape index (κ3) is 3.13. The lowest BCUT2D eigenvalue weighted by molar-refractivity contribution is 0.287. The molecule has 0 unspecified atom stereocenters. The molecule has 0 aliphatic rings. The monoisotopic (exact) mass is 256 g/mol. The number of fused-ring (bicyclic) bond motifs is 1. The molecule has 0 radical (unpaired) electrons. The maximum atomic E-state index is 4.72. The van der Waals surface area contributed by atoms with Crippen LogP contribution < -0.4 is 5.32 Å². The van der Waals surface area contributed by atoms with Crippen molar-refractivity contribution in [1.82, 2.24) is 10.3 Å².